The lowest BCUT2D eigenvalue weighted by atomic mass is 10.1. The first-order chi connectivity index (χ1) is 10.5. The highest BCUT2D eigenvalue weighted by atomic mass is 32.2. The van der Waals surface area contributed by atoms with E-state index in [1.54, 1.807) is 0 Å². The molecule has 0 aliphatic carbocycles. The number of benzene rings is 1. The fourth-order valence-electron chi connectivity index (χ4n) is 2.73. The van der Waals surface area contributed by atoms with Gasteiger partial charge in [-0.3, -0.25) is 4.79 Å². The van der Waals surface area contributed by atoms with Crippen molar-refractivity contribution in [3.63, 3.8) is 0 Å². The molecular weight excluding hydrogens is 309 g/mol. The number of anilines is 1. The second-order valence-corrected chi connectivity index (χ2v) is 7.34. The molecular formula is C15H16FNO4S. The molecule has 1 saturated heterocycles. The summed E-state index contributed by atoms with van der Waals surface area (Å²) in [5.41, 5.74) is 0.466. The van der Waals surface area contributed by atoms with Crippen LogP contribution in [0.2, 0.25) is 0 Å². The second-order valence-electron chi connectivity index (χ2n) is 5.41. The van der Waals surface area contributed by atoms with E-state index in [2.05, 4.69) is 0 Å². The summed E-state index contributed by atoms with van der Waals surface area (Å²) in [7, 11) is -3.30. The van der Waals surface area contributed by atoms with Crippen LogP contribution in [0.4, 0.5) is 10.1 Å². The Balaban J connectivity index is 1.93. The van der Waals surface area contributed by atoms with Crippen LogP contribution in [-0.2, 0) is 19.4 Å². The number of ether oxygens (including phenoxy) is 1. The molecule has 0 radical (unpaired) electrons. The first-order valence-corrected chi connectivity index (χ1v) is 8.79. The third-order valence-corrected chi connectivity index (χ3v) is 5.17. The van der Waals surface area contributed by atoms with Gasteiger partial charge in [-0.2, -0.15) is 0 Å². The SMILES string of the molecule is O=C([C@@H]1CCCO1)N(c1ccc(F)cc1)[C@@H]1C=CS(=O)(=O)C1. The zero-order valence-corrected chi connectivity index (χ0v) is 12.6. The van der Waals surface area contributed by atoms with Crippen LogP contribution >= 0.6 is 0 Å². The number of rotatable bonds is 3. The Labute approximate surface area is 128 Å². The van der Waals surface area contributed by atoms with Gasteiger partial charge in [0.15, 0.2) is 9.84 Å². The molecule has 2 aliphatic heterocycles. The van der Waals surface area contributed by atoms with E-state index in [4.69, 9.17) is 4.74 Å². The topological polar surface area (TPSA) is 63.7 Å². The molecule has 2 atom stereocenters. The maximum Gasteiger partial charge on any atom is 0.256 e. The maximum atomic E-state index is 13.1. The van der Waals surface area contributed by atoms with Crippen molar-refractivity contribution in [2.45, 2.75) is 25.0 Å². The van der Waals surface area contributed by atoms with Crippen LogP contribution in [0.15, 0.2) is 35.7 Å². The highest BCUT2D eigenvalue weighted by Crippen LogP contribution is 2.26. The van der Waals surface area contributed by atoms with Gasteiger partial charge in [0.1, 0.15) is 11.9 Å². The Hall–Kier alpha value is -1.73. The smallest absolute Gasteiger partial charge is 0.256 e. The van der Waals surface area contributed by atoms with Gasteiger partial charge in [0, 0.05) is 17.7 Å². The van der Waals surface area contributed by atoms with E-state index in [1.165, 1.54) is 35.2 Å². The Bertz CT molecular complexity index is 693. The van der Waals surface area contributed by atoms with Gasteiger partial charge in [0.2, 0.25) is 0 Å². The minimum atomic E-state index is -3.30. The summed E-state index contributed by atoms with van der Waals surface area (Å²) in [6.07, 6.45) is 2.33. The van der Waals surface area contributed by atoms with E-state index in [0.717, 1.165) is 11.8 Å². The first-order valence-electron chi connectivity index (χ1n) is 7.07. The lowest BCUT2D eigenvalue weighted by molar-refractivity contribution is -0.127. The summed E-state index contributed by atoms with van der Waals surface area (Å²) in [6.45, 7) is 0.520. The van der Waals surface area contributed by atoms with Gasteiger partial charge in [-0.15, -0.1) is 0 Å². The number of halogens is 1. The summed E-state index contributed by atoms with van der Waals surface area (Å²) in [5.74, 6) is -0.859. The lowest BCUT2D eigenvalue weighted by Gasteiger charge is -2.29. The average molecular weight is 325 g/mol. The summed E-state index contributed by atoms with van der Waals surface area (Å²) >= 11 is 0. The number of hydrogen-bond donors (Lipinski definition) is 0. The second kappa shape index (κ2) is 5.81. The third-order valence-electron chi connectivity index (χ3n) is 3.79. The molecule has 1 fully saturated rings. The molecule has 2 aliphatic rings. The molecule has 3 rings (SSSR count). The molecule has 0 aromatic heterocycles. The predicted molar refractivity (Wildman–Crippen MR) is 79.6 cm³/mol. The van der Waals surface area contributed by atoms with Crippen LogP contribution in [0, 0.1) is 5.82 Å². The summed E-state index contributed by atoms with van der Waals surface area (Å²) in [5, 5.41) is 1.12. The summed E-state index contributed by atoms with van der Waals surface area (Å²) in [4.78, 5) is 14.1. The van der Waals surface area contributed by atoms with Crippen molar-refractivity contribution < 1.29 is 22.3 Å². The van der Waals surface area contributed by atoms with Crippen molar-refractivity contribution >= 4 is 21.4 Å². The average Bonchev–Trinajstić information content (AvgIpc) is 3.11. The highest BCUT2D eigenvalue weighted by molar-refractivity contribution is 7.94. The number of nitrogens with zero attached hydrogens (tertiary/aromatic N) is 1. The molecule has 118 valence electrons. The number of sulfone groups is 1. The molecule has 22 heavy (non-hydrogen) atoms. The van der Waals surface area contributed by atoms with E-state index >= 15 is 0 Å². The largest absolute Gasteiger partial charge is 0.368 e. The molecule has 1 aromatic carbocycles. The lowest BCUT2D eigenvalue weighted by Crippen LogP contribution is -2.46. The molecule has 0 unspecified atom stereocenters. The highest BCUT2D eigenvalue weighted by Gasteiger charge is 2.36. The van der Waals surface area contributed by atoms with Gasteiger partial charge in [-0.1, -0.05) is 0 Å². The zero-order valence-electron chi connectivity index (χ0n) is 11.8. The van der Waals surface area contributed by atoms with Crippen LogP contribution in [0.1, 0.15) is 12.8 Å². The summed E-state index contributed by atoms with van der Waals surface area (Å²) in [6, 6.07) is 4.85. The van der Waals surface area contributed by atoms with Gasteiger partial charge in [-0.05, 0) is 43.2 Å². The van der Waals surface area contributed by atoms with Crippen molar-refractivity contribution in [1.82, 2.24) is 0 Å². The predicted octanol–water partition coefficient (Wildman–Crippen LogP) is 1.65. The van der Waals surface area contributed by atoms with Gasteiger partial charge in [-0.25, -0.2) is 12.8 Å². The van der Waals surface area contributed by atoms with Gasteiger partial charge < -0.3 is 9.64 Å². The first kappa shape index (κ1) is 15.2. The number of carbonyl (C=O) groups is 1. The van der Waals surface area contributed by atoms with Crippen molar-refractivity contribution in [1.29, 1.82) is 0 Å². The fourth-order valence-corrected chi connectivity index (χ4v) is 4.00. The van der Waals surface area contributed by atoms with Crippen molar-refractivity contribution in [2.75, 3.05) is 17.3 Å². The Morgan fingerprint density at radius 3 is 2.55 bits per heavy atom. The number of hydrogen-bond acceptors (Lipinski definition) is 4. The monoisotopic (exact) mass is 325 g/mol. The fraction of sp³-hybridized carbons (Fsp3) is 0.400. The molecule has 2 heterocycles. The van der Waals surface area contributed by atoms with E-state index in [1.807, 2.05) is 0 Å². The molecule has 1 amide bonds. The molecule has 0 spiro atoms. The van der Waals surface area contributed by atoms with E-state index in [9.17, 15) is 17.6 Å². The molecule has 5 nitrogen and oxygen atoms in total. The molecule has 1 aromatic rings. The van der Waals surface area contributed by atoms with Gasteiger partial charge >= 0.3 is 0 Å². The quantitative estimate of drug-likeness (QED) is 0.848. The molecule has 0 N–H and O–H groups in total. The molecule has 0 saturated carbocycles. The third kappa shape index (κ3) is 3.05. The number of carbonyl (C=O) groups excluding carboxylic acids is 1. The minimum absolute atomic E-state index is 0.164. The van der Waals surface area contributed by atoms with Crippen LogP contribution in [0.25, 0.3) is 0 Å². The maximum absolute atomic E-state index is 13.1. The standard InChI is InChI=1S/C15H16FNO4S/c16-11-3-5-12(6-4-11)17(13-7-9-22(19,20)10-13)15(18)14-2-1-8-21-14/h3-7,9,13-14H,1-2,8,10H2/t13-,14+/m1/s1. The van der Waals surface area contributed by atoms with Crippen molar-refractivity contribution in [3.05, 3.63) is 41.6 Å². The van der Waals surface area contributed by atoms with Crippen LogP contribution in [-0.4, -0.2) is 38.8 Å². The van der Waals surface area contributed by atoms with Gasteiger partial charge in [0.05, 0.1) is 11.8 Å². The van der Waals surface area contributed by atoms with Gasteiger partial charge in [0.25, 0.3) is 5.91 Å². The van der Waals surface area contributed by atoms with Crippen LogP contribution in [0.3, 0.4) is 0 Å². The number of amides is 1. The Morgan fingerprint density at radius 1 is 1.27 bits per heavy atom. The van der Waals surface area contributed by atoms with E-state index in [0.29, 0.717) is 18.7 Å². The van der Waals surface area contributed by atoms with Crippen LogP contribution in [0.5, 0.6) is 0 Å². The molecule has 0 bridgehead atoms. The normalized spacial score (nSPS) is 26.2. The summed E-state index contributed by atoms with van der Waals surface area (Å²) < 4.78 is 41.8. The van der Waals surface area contributed by atoms with Crippen LogP contribution < -0.4 is 4.90 Å². The minimum Gasteiger partial charge on any atom is -0.368 e. The Morgan fingerprint density at radius 2 is 2.00 bits per heavy atom. The van der Waals surface area contributed by atoms with E-state index < -0.39 is 27.8 Å². The van der Waals surface area contributed by atoms with E-state index in [-0.39, 0.29) is 11.7 Å². The van der Waals surface area contributed by atoms with Crippen molar-refractivity contribution in [3.8, 4) is 0 Å². The van der Waals surface area contributed by atoms with Crippen molar-refractivity contribution in [2.24, 2.45) is 0 Å². The Kier molecular flexibility index (Phi) is 4.01. The molecule has 7 heteroatoms. The zero-order chi connectivity index (χ0) is 15.7.